The largest absolute Gasteiger partial charge is 0.451 e. The van der Waals surface area contributed by atoms with Crippen molar-refractivity contribution in [3.63, 3.8) is 0 Å². The number of carbonyl (C=O) groups is 2. The number of amides is 1. The van der Waals surface area contributed by atoms with Crippen molar-refractivity contribution in [1.29, 1.82) is 0 Å². The van der Waals surface area contributed by atoms with E-state index in [2.05, 4.69) is 10.3 Å². The molecule has 24 heavy (non-hydrogen) atoms. The zero-order chi connectivity index (χ0) is 16.9. The number of nitrogens with zero attached hydrogens (tertiary/aromatic N) is 1. The lowest BCUT2D eigenvalue weighted by Crippen LogP contribution is -2.21. The maximum Gasteiger partial charge on any atom is 0.357 e. The summed E-state index contributed by atoms with van der Waals surface area (Å²) >= 11 is 0. The topological polar surface area (TPSA) is 68.3 Å². The average Bonchev–Trinajstić information content (AvgIpc) is 2.61. The molecule has 1 heterocycles. The first kappa shape index (κ1) is 15.7. The molecule has 0 saturated heterocycles. The van der Waals surface area contributed by atoms with Gasteiger partial charge in [0.05, 0.1) is 5.52 Å². The fraction of sp³-hybridized carbons (Fsp3) is 0.105. The van der Waals surface area contributed by atoms with Crippen molar-refractivity contribution < 1.29 is 14.3 Å². The van der Waals surface area contributed by atoms with E-state index in [-0.39, 0.29) is 12.3 Å². The quantitative estimate of drug-likeness (QED) is 0.749. The van der Waals surface area contributed by atoms with Gasteiger partial charge in [0.2, 0.25) is 0 Å². The molecule has 0 aliphatic rings. The molecule has 3 rings (SSSR count). The number of anilines is 1. The van der Waals surface area contributed by atoms with Gasteiger partial charge in [-0.05, 0) is 30.7 Å². The summed E-state index contributed by atoms with van der Waals surface area (Å²) in [6.45, 7) is 1.53. The Hall–Kier alpha value is -3.21. The van der Waals surface area contributed by atoms with Crippen molar-refractivity contribution in [3.05, 3.63) is 71.9 Å². The van der Waals surface area contributed by atoms with Crippen molar-refractivity contribution in [3.8, 4) is 0 Å². The summed E-state index contributed by atoms with van der Waals surface area (Å²) in [5.41, 5.74) is 2.52. The Balaban J connectivity index is 1.62. The standard InChI is InChI=1S/C19H16N2O3/c1-13-6-2-4-8-15(13)21-18(22)12-24-19(23)17-11-10-14-7-3-5-9-16(14)20-17/h2-11H,12H2,1H3,(H,21,22). The summed E-state index contributed by atoms with van der Waals surface area (Å²) in [4.78, 5) is 28.2. The van der Waals surface area contributed by atoms with Crippen LogP contribution in [-0.4, -0.2) is 23.5 Å². The van der Waals surface area contributed by atoms with E-state index < -0.39 is 11.9 Å². The fourth-order valence-electron chi connectivity index (χ4n) is 2.28. The van der Waals surface area contributed by atoms with E-state index in [1.807, 2.05) is 49.4 Å². The van der Waals surface area contributed by atoms with Crippen LogP contribution in [0.4, 0.5) is 5.69 Å². The molecule has 1 aromatic heterocycles. The highest BCUT2D eigenvalue weighted by molar-refractivity contribution is 5.96. The Labute approximate surface area is 139 Å². The van der Waals surface area contributed by atoms with Gasteiger partial charge in [-0.15, -0.1) is 0 Å². The molecule has 5 nitrogen and oxygen atoms in total. The molecule has 0 saturated carbocycles. The predicted octanol–water partition coefficient (Wildman–Crippen LogP) is 3.34. The molecule has 5 heteroatoms. The second-order valence-electron chi connectivity index (χ2n) is 5.33. The summed E-state index contributed by atoms with van der Waals surface area (Å²) in [6.07, 6.45) is 0. The van der Waals surface area contributed by atoms with Crippen molar-refractivity contribution in [2.45, 2.75) is 6.92 Å². The minimum atomic E-state index is -0.624. The minimum Gasteiger partial charge on any atom is -0.451 e. The van der Waals surface area contributed by atoms with E-state index >= 15 is 0 Å². The third-order valence-corrected chi connectivity index (χ3v) is 3.56. The van der Waals surface area contributed by atoms with E-state index in [0.29, 0.717) is 11.2 Å². The van der Waals surface area contributed by atoms with Gasteiger partial charge in [-0.3, -0.25) is 4.79 Å². The Bertz CT molecular complexity index is 906. The number of hydrogen-bond donors (Lipinski definition) is 1. The molecule has 3 aromatic rings. The van der Waals surface area contributed by atoms with Gasteiger partial charge in [0.15, 0.2) is 6.61 Å². The van der Waals surface area contributed by atoms with Crippen LogP contribution in [0.3, 0.4) is 0 Å². The van der Waals surface area contributed by atoms with Gasteiger partial charge in [0, 0.05) is 11.1 Å². The number of fused-ring (bicyclic) bond motifs is 1. The molecule has 0 aliphatic heterocycles. The molecule has 0 unspecified atom stereocenters. The maximum atomic E-state index is 12.0. The molecular formula is C19H16N2O3. The summed E-state index contributed by atoms with van der Waals surface area (Å²) in [6, 6.07) is 18.3. The number of ether oxygens (including phenoxy) is 1. The minimum absolute atomic E-state index is 0.178. The number of esters is 1. The van der Waals surface area contributed by atoms with Gasteiger partial charge in [-0.2, -0.15) is 0 Å². The first-order valence-electron chi connectivity index (χ1n) is 7.52. The van der Waals surface area contributed by atoms with Gasteiger partial charge in [0.1, 0.15) is 5.69 Å². The number of carbonyl (C=O) groups excluding carboxylic acids is 2. The Morgan fingerprint density at radius 3 is 2.58 bits per heavy atom. The monoisotopic (exact) mass is 320 g/mol. The summed E-state index contributed by atoms with van der Waals surface area (Å²) < 4.78 is 5.04. The van der Waals surface area contributed by atoms with Gasteiger partial charge < -0.3 is 10.1 Å². The summed E-state index contributed by atoms with van der Waals surface area (Å²) in [5, 5.41) is 3.65. The number of aromatic nitrogens is 1. The molecule has 0 bridgehead atoms. The SMILES string of the molecule is Cc1ccccc1NC(=O)COC(=O)c1ccc2ccccc2n1. The van der Waals surface area contributed by atoms with Crippen molar-refractivity contribution >= 4 is 28.5 Å². The fourth-order valence-corrected chi connectivity index (χ4v) is 2.28. The number of pyridine rings is 1. The second-order valence-corrected chi connectivity index (χ2v) is 5.33. The van der Waals surface area contributed by atoms with E-state index in [0.717, 1.165) is 10.9 Å². The van der Waals surface area contributed by atoms with E-state index in [4.69, 9.17) is 4.74 Å². The highest BCUT2D eigenvalue weighted by atomic mass is 16.5. The predicted molar refractivity (Wildman–Crippen MR) is 91.8 cm³/mol. The maximum absolute atomic E-state index is 12.0. The van der Waals surface area contributed by atoms with Crippen LogP contribution >= 0.6 is 0 Å². The first-order valence-corrected chi connectivity index (χ1v) is 7.52. The van der Waals surface area contributed by atoms with Gasteiger partial charge >= 0.3 is 5.97 Å². The first-order chi connectivity index (χ1) is 11.6. The lowest BCUT2D eigenvalue weighted by molar-refractivity contribution is -0.119. The molecule has 0 spiro atoms. The molecule has 1 N–H and O–H groups in total. The van der Waals surface area contributed by atoms with Crippen LogP contribution in [0.2, 0.25) is 0 Å². The number of para-hydroxylation sites is 2. The summed E-state index contributed by atoms with van der Waals surface area (Å²) in [7, 11) is 0. The van der Waals surface area contributed by atoms with Crippen molar-refractivity contribution in [2.24, 2.45) is 0 Å². The molecule has 0 aliphatic carbocycles. The normalized spacial score (nSPS) is 10.4. The third kappa shape index (κ3) is 3.57. The molecular weight excluding hydrogens is 304 g/mol. The smallest absolute Gasteiger partial charge is 0.357 e. The van der Waals surface area contributed by atoms with E-state index in [9.17, 15) is 9.59 Å². The average molecular weight is 320 g/mol. The highest BCUT2D eigenvalue weighted by Crippen LogP contribution is 2.14. The number of rotatable bonds is 4. The number of hydrogen-bond acceptors (Lipinski definition) is 4. The molecule has 2 aromatic carbocycles. The van der Waals surface area contributed by atoms with Crippen LogP contribution in [0.25, 0.3) is 10.9 Å². The van der Waals surface area contributed by atoms with Crippen LogP contribution in [-0.2, 0) is 9.53 Å². The van der Waals surface area contributed by atoms with Gasteiger partial charge in [-0.1, -0.05) is 42.5 Å². The van der Waals surface area contributed by atoms with Gasteiger partial charge in [-0.25, -0.2) is 9.78 Å². The highest BCUT2D eigenvalue weighted by Gasteiger charge is 2.12. The van der Waals surface area contributed by atoms with Crippen LogP contribution in [0, 0.1) is 6.92 Å². The number of nitrogens with one attached hydrogen (secondary N) is 1. The van der Waals surface area contributed by atoms with Gasteiger partial charge in [0.25, 0.3) is 5.91 Å². The Kier molecular flexibility index (Phi) is 4.52. The lowest BCUT2D eigenvalue weighted by Gasteiger charge is -2.08. The van der Waals surface area contributed by atoms with Crippen LogP contribution < -0.4 is 5.32 Å². The van der Waals surface area contributed by atoms with Crippen LogP contribution in [0.1, 0.15) is 16.1 Å². The van der Waals surface area contributed by atoms with Crippen molar-refractivity contribution in [2.75, 3.05) is 11.9 Å². The van der Waals surface area contributed by atoms with E-state index in [1.54, 1.807) is 18.2 Å². The summed E-state index contributed by atoms with van der Waals surface area (Å²) in [5.74, 6) is -1.01. The zero-order valence-corrected chi connectivity index (χ0v) is 13.2. The molecule has 0 atom stereocenters. The van der Waals surface area contributed by atoms with Crippen molar-refractivity contribution in [1.82, 2.24) is 4.98 Å². The van der Waals surface area contributed by atoms with Crippen LogP contribution in [0.5, 0.6) is 0 Å². The zero-order valence-electron chi connectivity index (χ0n) is 13.2. The second kappa shape index (κ2) is 6.91. The molecule has 0 radical (unpaired) electrons. The lowest BCUT2D eigenvalue weighted by atomic mass is 10.2. The molecule has 1 amide bonds. The molecule has 120 valence electrons. The number of aryl methyl sites for hydroxylation is 1. The molecule has 0 fully saturated rings. The van der Waals surface area contributed by atoms with E-state index in [1.165, 1.54) is 0 Å². The Morgan fingerprint density at radius 2 is 1.75 bits per heavy atom. The number of benzene rings is 2. The Morgan fingerprint density at radius 1 is 1.00 bits per heavy atom. The van der Waals surface area contributed by atoms with Crippen LogP contribution in [0.15, 0.2) is 60.7 Å². The third-order valence-electron chi connectivity index (χ3n) is 3.56.